The summed E-state index contributed by atoms with van der Waals surface area (Å²) in [5, 5.41) is 9.20. The van der Waals surface area contributed by atoms with Gasteiger partial charge in [0, 0.05) is 7.05 Å². The number of carbonyl (C=O) groups excluding carboxylic acids is 1. The number of H-pyrrole nitrogens is 1. The SMILES string of the molecule is CC(N)C(=O)NCc1n[nH]c(=S)n1C. The van der Waals surface area contributed by atoms with E-state index in [-0.39, 0.29) is 5.91 Å². The molecule has 0 aromatic carbocycles. The summed E-state index contributed by atoms with van der Waals surface area (Å²) in [4.78, 5) is 11.1. The minimum atomic E-state index is -0.512. The van der Waals surface area contributed by atoms with Gasteiger partial charge in [-0.3, -0.25) is 9.89 Å². The molecule has 6 nitrogen and oxygen atoms in total. The van der Waals surface area contributed by atoms with Gasteiger partial charge >= 0.3 is 0 Å². The number of amides is 1. The highest BCUT2D eigenvalue weighted by Gasteiger charge is 2.08. The van der Waals surface area contributed by atoms with Crippen molar-refractivity contribution < 1.29 is 4.79 Å². The van der Waals surface area contributed by atoms with Crippen molar-refractivity contribution in [1.82, 2.24) is 20.1 Å². The van der Waals surface area contributed by atoms with Gasteiger partial charge in [0.2, 0.25) is 5.91 Å². The summed E-state index contributed by atoms with van der Waals surface area (Å²) in [5.74, 6) is 0.461. The molecule has 0 saturated heterocycles. The molecule has 4 N–H and O–H groups in total. The molecule has 1 amide bonds. The lowest BCUT2D eigenvalue weighted by molar-refractivity contribution is -0.122. The van der Waals surface area contributed by atoms with Crippen molar-refractivity contribution in [3.05, 3.63) is 10.6 Å². The van der Waals surface area contributed by atoms with Crippen LogP contribution < -0.4 is 11.1 Å². The standard InChI is InChI=1S/C7H13N5OS/c1-4(8)6(13)9-3-5-10-11-7(14)12(5)2/h4H,3,8H2,1-2H3,(H,9,13)(H,11,14). The van der Waals surface area contributed by atoms with E-state index >= 15 is 0 Å². The van der Waals surface area contributed by atoms with Gasteiger partial charge in [-0.25, -0.2) is 0 Å². The fraction of sp³-hybridized carbons (Fsp3) is 0.571. The third-order valence-corrected chi connectivity index (χ3v) is 2.17. The molecule has 1 aromatic heterocycles. The molecule has 78 valence electrons. The molecule has 0 saturated carbocycles. The second kappa shape index (κ2) is 4.34. The smallest absolute Gasteiger partial charge is 0.237 e. The van der Waals surface area contributed by atoms with Crippen molar-refractivity contribution >= 4 is 18.1 Å². The molecule has 1 unspecified atom stereocenters. The maximum absolute atomic E-state index is 11.1. The van der Waals surface area contributed by atoms with Gasteiger partial charge in [-0.15, -0.1) is 0 Å². The monoisotopic (exact) mass is 215 g/mol. The van der Waals surface area contributed by atoms with Gasteiger partial charge in [-0.2, -0.15) is 5.10 Å². The summed E-state index contributed by atoms with van der Waals surface area (Å²) in [6, 6.07) is -0.512. The molecule has 0 bridgehead atoms. The van der Waals surface area contributed by atoms with E-state index in [0.29, 0.717) is 17.1 Å². The molecule has 1 atom stereocenters. The van der Waals surface area contributed by atoms with Gasteiger partial charge in [0.05, 0.1) is 12.6 Å². The molecule has 0 spiro atoms. The van der Waals surface area contributed by atoms with Gasteiger partial charge in [-0.05, 0) is 19.1 Å². The summed E-state index contributed by atoms with van der Waals surface area (Å²) >= 11 is 4.91. The number of aromatic amines is 1. The Morgan fingerprint density at radius 1 is 1.86 bits per heavy atom. The molecule has 1 rings (SSSR count). The Hall–Kier alpha value is -1.21. The van der Waals surface area contributed by atoms with E-state index in [1.54, 1.807) is 18.5 Å². The van der Waals surface area contributed by atoms with Crippen LogP contribution in [0.2, 0.25) is 0 Å². The highest BCUT2D eigenvalue weighted by atomic mass is 32.1. The Morgan fingerprint density at radius 2 is 2.50 bits per heavy atom. The van der Waals surface area contributed by atoms with Crippen LogP contribution in [0.3, 0.4) is 0 Å². The molecule has 1 heterocycles. The van der Waals surface area contributed by atoms with Crippen molar-refractivity contribution in [2.24, 2.45) is 12.8 Å². The summed E-state index contributed by atoms with van der Waals surface area (Å²) in [6.45, 7) is 1.95. The van der Waals surface area contributed by atoms with E-state index in [0.717, 1.165) is 0 Å². The maximum atomic E-state index is 11.1. The molecular weight excluding hydrogens is 202 g/mol. The minimum absolute atomic E-state index is 0.209. The molecule has 1 aromatic rings. The zero-order valence-electron chi connectivity index (χ0n) is 8.07. The predicted octanol–water partition coefficient (Wildman–Crippen LogP) is -0.559. The lowest BCUT2D eigenvalue weighted by atomic mass is 10.3. The number of nitrogens with zero attached hydrogens (tertiary/aromatic N) is 2. The molecule has 7 heteroatoms. The number of carbonyl (C=O) groups is 1. The Bertz CT molecular complexity index is 380. The Balaban J connectivity index is 2.58. The number of aromatic nitrogens is 3. The first-order valence-corrected chi connectivity index (χ1v) is 4.56. The van der Waals surface area contributed by atoms with Gasteiger partial charge in [0.1, 0.15) is 0 Å². The quantitative estimate of drug-likeness (QED) is 0.590. The second-order valence-corrected chi connectivity index (χ2v) is 3.40. The van der Waals surface area contributed by atoms with Crippen molar-refractivity contribution in [3.63, 3.8) is 0 Å². The maximum Gasteiger partial charge on any atom is 0.237 e. The molecule has 0 aliphatic heterocycles. The Labute approximate surface area is 86.5 Å². The predicted molar refractivity (Wildman–Crippen MR) is 53.9 cm³/mol. The van der Waals surface area contributed by atoms with Gasteiger partial charge < -0.3 is 15.6 Å². The fourth-order valence-corrected chi connectivity index (χ4v) is 1.02. The van der Waals surface area contributed by atoms with Crippen LogP contribution in [0.25, 0.3) is 0 Å². The van der Waals surface area contributed by atoms with Crippen molar-refractivity contribution in [3.8, 4) is 0 Å². The highest BCUT2D eigenvalue weighted by Crippen LogP contribution is 1.93. The van der Waals surface area contributed by atoms with Crippen LogP contribution in [0.1, 0.15) is 12.7 Å². The van der Waals surface area contributed by atoms with E-state index < -0.39 is 6.04 Å². The molecule has 0 aliphatic carbocycles. The number of nitrogens with one attached hydrogen (secondary N) is 2. The average molecular weight is 215 g/mol. The van der Waals surface area contributed by atoms with Crippen LogP contribution >= 0.6 is 12.2 Å². The van der Waals surface area contributed by atoms with Crippen LogP contribution in [0.15, 0.2) is 0 Å². The van der Waals surface area contributed by atoms with Crippen molar-refractivity contribution in [2.75, 3.05) is 0 Å². The van der Waals surface area contributed by atoms with E-state index in [4.69, 9.17) is 18.0 Å². The lowest BCUT2D eigenvalue weighted by Crippen LogP contribution is -2.38. The first kappa shape index (κ1) is 10.9. The second-order valence-electron chi connectivity index (χ2n) is 3.01. The van der Waals surface area contributed by atoms with Gasteiger partial charge in [0.15, 0.2) is 10.6 Å². The Kier molecular flexibility index (Phi) is 3.37. The zero-order chi connectivity index (χ0) is 10.7. The van der Waals surface area contributed by atoms with Crippen LogP contribution in [0, 0.1) is 4.77 Å². The lowest BCUT2D eigenvalue weighted by Gasteiger charge is -2.06. The molecule has 14 heavy (non-hydrogen) atoms. The minimum Gasteiger partial charge on any atom is -0.347 e. The zero-order valence-corrected chi connectivity index (χ0v) is 8.89. The summed E-state index contributed by atoms with van der Waals surface area (Å²) in [6.07, 6.45) is 0. The third kappa shape index (κ3) is 2.39. The van der Waals surface area contributed by atoms with Crippen LogP contribution in [0.5, 0.6) is 0 Å². The van der Waals surface area contributed by atoms with E-state index in [1.807, 2.05) is 0 Å². The van der Waals surface area contributed by atoms with Crippen LogP contribution in [0.4, 0.5) is 0 Å². The van der Waals surface area contributed by atoms with Gasteiger partial charge in [0.25, 0.3) is 0 Å². The number of hydrogen-bond donors (Lipinski definition) is 3. The van der Waals surface area contributed by atoms with Gasteiger partial charge in [-0.1, -0.05) is 0 Å². The molecular formula is C7H13N5OS. The fourth-order valence-electron chi connectivity index (χ4n) is 0.865. The van der Waals surface area contributed by atoms with Crippen LogP contribution in [-0.2, 0) is 18.4 Å². The topological polar surface area (TPSA) is 88.7 Å². The largest absolute Gasteiger partial charge is 0.347 e. The normalized spacial score (nSPS) is 12.5. The van der Waals surface area contributed by atoms with E-state index in [1.165, 1.54) is 0 Å². The van der Waals surface area contributed by atoms with Crippen molar-refractivity contribution in [2.45, 2.75) is 19.5 Å². The number of hydrogen-bond acceptors (Lipinski definition) is 4. The molecule has 0 fully saturated rings. The number of nitrogens with two attached hydrogens (primary N) is 1. The third-order valence-electron chi connectivity index (χ3n) is 1.81. The summed E-state index contributed by atoms with van der Waals surface area (Å²) in [5.41, 5.74) is 5.38. The van der Waals surface area contributed by atoms with E-state index in [9.17, 15) is 4.79 Å². The number of rotatable bonds is 3. The highest BCUT2D eigenvalue weighted by molar-refractivity contribution is 7.71. The van der Waals surface area contributed by atoms with Crippen molar-refractivity contribution in [1.29, 1.82) is 0 Å². The summed E-state index contributed by atoms with van der Waals surface area (Å²) < 4.78 is 2.21. The van der Waals surface area contributed by atoms with Crippen LogP contribution in [-0.4, -0.2) is 26.7 Å². The average Bonchev–Trinajstić information content (AvgIpc) is 2.44. The molecule has 0 radical (unpaired) electrons. The first-order valence-electron chi connectivity index (χ1n) is 4.16. The molecule has 0 aliphatic rings. The summed E-state index contributed by atoms with van der Waals surface area (Å²) in [7, 11) is 1.78. The Morgan fingerprint density at radius 3 is 2.93 bits per heavy atom. The van der Waals surface area contributed by atoms with E-state index in [2.05, 4.69) is 15.5 Å². The first-order chi connectivity index (χ1) is 6.52.